The van der Waals surface area contributed by atoms with E-state index in [1.54, 1.807) is 0 Å². The van der Waals surface area contributed by atoms with Crippen molar-refractivity contribution < 1.29 is 9.53 Å². The van der Waals surface area contributed by atoms with Gasteiger partial charge in [0.2, 0.25) is 0 Å². The van der Waals surface area contributed by atoms with E-state index >= 15 is 0 Å². The molecular weight excluding hydrogens is 140 g/mol. The molecule has 0 unspecified atom stereocenters. The summed E-state index contributed by atoms with van der Waals surface area (Å²) in [5, 5.41) is 0. The first-order chi connectivity index (χ1) is 5.12. The first kappa shape index (κ1) is 8.57. The molecule has 1 aliphatic rings. The van der Waals surface area contributed by atoms with Gasteiger partial charge in [0.1, 0.15) is 0 Å². The smallest absolute Gasteiger partial charge is 0.302 e. The highest BCUT2D eigenvalue weighted by atomic mass is 16.5. The van der Waals surface area contributed by atoms with Crippen LogP contribution in [0.25, 0.3) is 0 Å². The van der Waals surface area contributed by atoms with Crippen LogP contribution in [0, 0.1) is 5.41 Å². The van der Waals surface area contributed by atoms with E-state index in [4.69, 9.17) is 4.74 Å². The molecule has 1 aliphatic carbocycles. The lowest BCUT2D eigenvalue weighted by molar-refractivity contribution is -0.144. The van der Waals surface area contributed by atoms with Crippen molar-refractivity contribution in [2.75, 3.05) is 6.61 Å². The predicted octanol–water partition coefficient (Wildman–Crippen LogP) is 2.13. The molecule has 0 heterocycles. The van der Waals surface area contributed by atoms with Crippen molar-refractivity contribution >= 4 is 5.97 Å². The lowest BCUT2D eigenvalue weighted by atomic mass is 9.90. The van der Waals surface area contributed by atoms with Gasteiger partial charge in [-0.25, -0.2) is 0 Å². The maximum Gasteiger partial charge on any atom is 0.302 e. The molecule has 0 aromatic rings. The Morgan fingerprint density at radius 1 is 1.45 bits per heavy atom. The number of carbonyl (C=O) groups excluding carboxylic acids is 1. The molecule has 1 saturated carbocycles. The molecule has 1 fully saturated rings. The maximum absolute atomic E-state index is 10.5. The van der Waals surface area contributed by atoms with Crippen LogP contribution in [-0.2, 0) is 9.53 Å². The van der Waals surface area contributed by atoms with Crippen molar-refractivity contribution in [2.45, 2.75) is 39.5 Å². The van der Waals surface area contributed by atoms with Crippen molar-refractivity contribution in [1.29, 1.82) is 0 Å². The molecule has 0 atom stereocenters. The molecule has 64 valence electrons. The first-order valence-electron chi connectivity index (χ1n) is 4.26. The average molecular weight is 156 g/mol. The topological polar surface area (TPSA) is 26.3 Å². The molecule has 0 N–H and O–H groups in total. The third kappa shape index (κ3) is 2.52. The van der Waals surface area contributed by atoms with Crippen molar-refractivity contribution in [3.8, 4) is 0 Å². The summed E-state index contributed by atoms with van der Waals surface area (Å²) in [6.07, 6.45) is 5.00. The summed E-state index contributed by atoms with van der Waals surface area (Å²) < 4.78 is 4.99. The van der Waals surface area contributed by atoms with Crippen LogP contribution < -0.4 is 0 Å². The normalized spacial score (nSPS) is 21.6. The van der Waals surface area contributed by atoms with Crippen molar-refractivity contribution in [3.05, 3.63) is 0 Å². The molecular formula is C9H16O2. The highest BCUT2D eigenvalue weighted by Gasteiger charge is 2.29. The summed E-state index contributed by atoms with van der Waals surface area (Å²) in [4.78, 5) is 10.5. The molecule has 1 rings (SSSR count). The molecule has 2 nitrogen and oxygen atoms in total. The molecule has 0 amide bonds. The Labute approximate surface area is 67.9 Å². The first-order valence-corrected chi connectivity index (χ1v) is 4.26. The van der Waals surface area contributed by atoms with E-state index in [0.29, 0.717) is 6.61 Å². The minimum Gasteiger partial charge on any atom is -0.465 e. The zero-order valence-electron chi connectivity index (χ0n) is 7.35. The van der Waals surface area contributed by atoms with Gasteiger partial charge in [0.15, 0.2) is 0 Å². The maximum atomic E-state index is 10.5. The van der Waals surface area contributed by atoms with E-state index in [9.17, 15) is 4.79 Å². The molecule has 2 heteroatoms. The second-order valence-corrected chi connectivity index (χ2v) is 3.80. The van der Waals surface area contributed by atoms with Crippen molar-refractivity contribution in [2.24, 2.45) is 5.41 Å². The lowest BCUT2D eigenvalue weighted by Crippen LogP contribution is -2.20. The number of rotatable bonds is 2. The van der Waals surface area contributed by atoms with Crippen molar-refractivity contribution in [1.82, 2.24) is 0 Å². The van der Waals surface area contributed by atoms with Gasteiger partial charge in [0.25, 0.3) is 0 Å². The summed E-state index contributed by atoms with van der Waals surface area (Å²) in [7, 11) is 0. The second kappa shape index (κ2) is 3.24. The zero-order chi connectivity index (χ0) is 8.32. The molecule has 11 heavy (non-hydrogen) atoms. The number of hydrogen-bond acceptors (Lipinski definition) is 2. The second-order valence-electron chi connectivity index (χ2n) is 3.80. The van der Waals surface area contributed by atoms with Crippen LogP contribution in [0.5, 0.6) is 0 Å². The van der Waals surface area contributed by atoms with E-state index in [1.807, 2.05) is 0 Å². The number of carbonyl (C=O) groups is 1. The van der Waals surface area contributed by atoms with E-state index in [0.717, 1.165) is 0 Å². The molecule has 0 aromatic carbocycles. The van der Waals surface area contributed by atoms with Gasteiger partial charge in [-0.1, -0.05) is 19.8 Å². The third-order valence-electron chi connectivity index (χ3n) is 2.43. The van der Waals surface area contributed by atoms with Crippen LogP contribution in [0.15, 0.2) is 0 Å². The molecule has 0 bridgehead atoms. The number of ether oxygens (including phenoxy) is 1. The Morgan fingerprint density at radius 2 is 2.00 bits per heavy atom. The van der Waals surface area contributed by atoms with Gasteiger partial charge >= 0.3 is 5.97 Å². The standard InChI is InChI=1S/C9H16O2/c1-8(10)11-7-9(2)5-3-4-6-9/h3-7H2,1-2H3. The largest absolute Gasteiger partial charge is 0.465 e. The van der Waals surface area contributed by atoms with E-state index in [2.05, 4.69) is 6.92 Å². The summed E-state index contributed by atoms with van der Waals surface area (Å²) in [5.74, 6) is -0.155. The zero-order valence-corrected chi connectivity index (χ0v) is 7.35. The molecule has 0 aliphatic heterocycles. The number of esters is 1. The summed E-state index contributed by atoms with van der Waals surface area (Å²) >= 11 is 0. The third-order valence-corrected chi connectivity index (χ3v) is 2.43. The monoisotopic (exact) mass is 156 g/mol. The average Bonchev–Trinajstić information content (AvgIpc) is 2.33. The number of hydrogen-bond donors (Lipinski definition) is 0. The van der Waals surface area contributed by atoms with Crippen LogP contribution in [-0.4, -0.2) is 12.6 Å². The Bertz CT molecular complexity index is 146. The fourth-order valence-corrected chi connectivity index (χ4v) is 1.65. The Hall–Kier alpha value is -0.530. The molecule has 0 aromatic heterocycles. The van der Waals surface area contributed by atoms with Crippen LogP contribution in [0.2, 0.25) is 0 Å². The minimum atomic E-state index is -0.155. The Kier molecular flexibility index (Phi) is 2.53. The highest BCUT2D eigenvalue weighted by Crippen LogP contribution is 2.37. The summed E-state index contributed by atoms with van der Waals surface area (Å²) in [6.45, 7) is 4.28. The predicted molar refractivity (Wildman–Crippen MR) is 43.2 cm³/mol. The van der Waals surface area contributed by atoms with Crippen LogP contribution in [0.1, 0.15) is 39.5 Å². The fourth-order valence-electron chi connectivity index (χ4n) is 1.65. The molecule has 0 spiro atoms. The SMILES string of the molecule is CC(=O)OCC1(C)CCCC1. The minimum absolute atomic E-state index is 0.155. The van der Waals surface area contributed by atoms with Gasteiger partial charge in [0, 0.05) is 12.3 Å². The van der Waals surface area contributed by atoms with Gasteiger partial charge in [-0.15, -0.1) is 0 Å². The van der Waals surface area contributed by atoms with Gasteiger partial charge in [-0.2, -0.15) is 0 Å². The van der Waals surface area contributed by atoms with Gasteiger partial charge < -0.3 is 4.74 Å². The molecule has 0 saturated heterocycles. The van der Waals surface area contributed by atoms with Gasteiger partial charge in [0.05, 0.1) is 6.61 Å². The van der Waals surface area contributed by atoms with Crippen LogP contribution in [0.4, 0.5) is 0 Å². The Balaban J connectivity index is 2.28. The quantitative estimate of drug-likeness (QED) is 0.572. The fraction of sp³-hybridized carbons (Fsp3) is 0.889. The summed E-state index contributed by atoms with van der Waals surface area (Å²) in [6, 6.07) is 0. The Morgan fingerprint density at radius 3 is 2.45 bits per heavy atom. The van der Waals surface area contributed by atoms with E-state index in [-0.39, 0.29) is 11.4 Å². The van der Waals surface area contributed by atoms with Crippen molar-refractivity contribution in [3.63, 3.8) is 0 Å². The van der Waals surface area contributed by atoms with Crippen LogP contribution in [0.3, 0.4) is 0 Å². The highest BCUT2D eigenvalue weighted by molar-refractivity contribution is 5.65. The van der Waals surface area contributed by atoms with Gasteiger partial charge in [-0.05, 0) is 12.8 Å². The van der Waals surface area contributed by atoms with Gasteiger partial charge in [-0.3, -0.25) is 4.79 Å². The van der Waals surface area contributed by atoms with Crippen LogP contribution >= 0.6 is 0 Å². The molecule has 0 radical (unpaired) electrons. The van der Waals surface area contributed by atoms with E-state index in [1.165, 1.54) is 32.6 Å². The summed E-state index contributed by atoms with van der Waals surface area (Å²) in [5.41, 5.74) is 0.283. The van der Waals surface area contributed by atoms with E-state index < -0.39 is 0 Å². The lowest BCUT2D eigenvalue weighted by Gasteiger charge is -2.21.